The molecule has 0 unspecified atom stereocenters. The topological polar surface area (TPSA) is 66.5 Å². The molecule has 2 aromatic rings. The number of aryl methyl sites for hydroxylation is 2. The van der Waals surface area contributed by atoms with E-state index < -0.39 is 10.0 Å². The first-order valence-electron chi connectivity index (χ1n) is 8.26. The third-order valence-electron chi connectivity index (χ3n) is 4.23. The number of carbonyl (C=O) groups is 1. The molecule has 26 heavy (non-hydrogen) atoms. The van der Waals surface area contributed by atoms with Crippen LogP contribution in [0.2, 0.25) is 5.02 Å². The summed E-state index contributed by atoms with van der Waals surface area (Å²) in [5.41, 5.74) is 2.77. The van der Waals surface area contributed by atoms with Gasteiger partial charge in [0.15, 0.2) is 0 Å². The highest BCUT2D eigenvalue weighted by molar-refractivity contribution is 7.89. The van der Waals surface area contributed by atoms with Gasteiger partial charge in [-0.15, -0.1) is 0 Å². The normalized spacial score (nSPS) is 11.4. The molecule has 140 valence electrons. The molecule has 1 amide bonds. The first kappa shape index (κ1) is 20.4. The van der Waals surface area contributed by atoms with Gasteiger partial charge in [0.1, 0.15) is 0 Å². The maximum Gasteiger partial charge on any atom is 0.240 e. The molecule has 1 N–H and O–H groups in total. The van der Waals surface area contributed by atoms with Gasteiger partial charge in [-0.1, -0.05) is 35.9 Å². The molecule has 0 atom stereocenters. The fourth-order valence-electron chi connectivity index (χ4n) is 2.46. The van der Waals surface area contributed by atoms with E-state index in [1.807, 2.05) is 32.0 Å². The van der Waals surface area contributed by atoms with Crippen LogP contribution in [0.1, 0.15) is 23.6 Å². The number of benzene rings is 2. The summed E-state index contributed by atoms with van der Waals surface area (Å²) >= 11 is 6.14. The largest absolute Gasteiger partial charge is 0.337 e. The lowest BCUT2D eigenvalue weighted by Crippen LogP contribution is -2.37. The van der Waals surface area contributed by atoms with Crippen LogP contribution in [0, 0.1) is 13.8 Å². The number of halogens is 1. The van der Waals surface area contributed by atoms with Crippen molar-refractivity contribution in [3.8, 4) is 0 Å². The van der Waals surface area contributed by atoms with Gasteiger partial charge in [-0.25, -0.2) is 13.1 Å². The summed E-state index contributed by atoms with van der Waals surface area (Å²) in [5.74, 6) is -0.143. The first-order valence-corrected chi connectivity index (χ1v) is 10.1. The van der Waals surface area contributed by atoms with Crippen molar-refractivity contribution in [2.45, 2.75) is 32.2 Å². The van der Waals surface area contributed by atoms with E-state index in [1.54, 1.807) is 29.2 Å². The van der Waals surface area contributed by atoms with Crippen molar-refractivity contribution in [1.82, 2.24) is 9.62 Å². The van der Waals surface area contributed by atoms with Gasteiger partial charge in [0.25, 0.3) is 0 Å². The maximum absolute atomic E-state index is 12.4. The number of amides is 1. The maximum atomic E-state index is 12.4. The fraction of sp³-hybridized carbons (Fsp3) is 0.316. The third kappa shape index (κ3) is 5.30. The summed E-state index contributed by atoms with van der Waals surface area (Å²) in [6.07, 6.45) is 0. The van der Waals surface area contributed by atoms with E-state index in [-0.39, 0.29) is 23.9 Å². The monoisotopic (exact) mass is 394 g/mol. The Morgan fingerprint density at radius 1 is 1.12 bits per heavy atom. The van der Waals surface area contributed by atoms with Crippen LogP contribution in [0.3, 0.4) is 0 Å². The number of rotatable bonds is 7. The van der Waals surface area contributed by atoms with Crippen molar-refractivity contribution in [1.29, 1.82) is 0 Å². The molecule has 0 aliphatic rings. The Morgan fingerprint density at radius 3 is 2.42 bits per heavy atom. The average Bonchev–Trinajstić information content (AvgIpc) is 2.57. The zero-order valence-corrected chi connectivity index (χ0v) is 16.7. The molecule has 0 fully saturated rings. The van der Waals surface area contributed by atoms with Crippen LogP contribution in [0.25, 0.3) is 0 Å². The second kappa shape index (κ2) is 8.66. The van der Waals surface area contributed by atoms with Crippen LogP contribution in [0.4, 0.5) is 0 Å². The van der Waals surface area contributed by atoms with Crippen LogP contribution < -0.4 is 4.72 Å². The Balaban J connectivity index is 2.02. The SMILES string of the molecule is CC(=O)N(CCNS(=O)(=O)c1ccc(C)c(C)c1)Cc1ccccc1Cl. The fourth-order valence-corrected chi connectivity index (χ4v) is 3.76. The van der Waals surface area contributed by atoms with Crippen molar-refractivity contribution in [3.63, 3.8) is 0 Å². The van der Waals surface area contributed by atoms with E-state index in [2.05, 4.69) is 4.72 Å². The molecule has 0 saturated carbocycles. The molecule has 0 spiro atoms. The molecular formula is C19H23ClN2O3S. The number of nitrogens with one attached hydrogen (secondary N) is 1. The third-order valence-corrected chi connectivity index (χ3v) is 6.05. The molecule has 0 aliphatic carbocycles. The van der Waals surface area contributed by atoms with E-state index in [0.29, 0.717) is 11.6 Å². The standard InChI is InChI=1S/C19H23ClN2O3S/c1-14-8-9-18(12-15(14)2)26(24,25)21-10-11-22(16(3)23)13-17-6-4-5-7-19(17)20/h4-9,12,21H,10-11,13H2,1-3H3. The van der Waals surface area contributed by atoms with Gasteiger partial charge in [0, 0.05) is 31.6 Å². The van der Waals surface area contributed by atoms with E-state index >= 15 is 0 Å². The van der Waals surface area contributed by atoms with Crippen molar-refractivity contribution < 1.29 is 13.2 Å². The van der Waals surface area contributed by atoms with E-state index in [1.165, 1.54) is 6.92 Å². The summed E-state index contributed by atoms with van der Waals surface area (Å²) in [6.45, 7) is 5.97. The molecule has 7 heteroatoms. The molecule has 0 bridgehead atoms. The van der Waals surface area contributed by atoms with Crippen LogP contribution in [-0.2, 0) is 21.4 Å². The van der Waals surface area contributed by atoms with Crippen LogP contribution >= 0.6 is 11.6 Å². The molecule has 2 rings (SSSR count). The second-order valence-corrected chi connectivity index (χ2v) is 8.35. The van der Waals surface area contributed by atoms with E-state index in [0.717, 1.165) is 16.7 Å². The summed E-state index contributed by atoms with van der Waals surface area (Å²) in [6, 6.07) is 12.3. The minimum atomic E-state index is -3.62. The summed E-state index contributed by atoms with van der Waals surface area (Å²) in [7, 11) is -3.62. The van der Waals surface area contributed by atoms with E-state index in [9.17, 15) is 13.2 Å². The second-order valence-electron chi connectivity index (χ2n) is 6.18. The average molecular weight is 395 g/mol. The Labute approximate surface area is 160 Å². The van der Waals surface area contributed by atoms with Gasteiger partial charge in [-0.2, -0.15) is 0 Å². The minimum absolute atomic E-state index is 0.124. The summed E-state index contributed by atoms with van der Waals surface area (Å²) in [4.78, 5) is 13.7. The Hall–Kier alpha value is -1.89. The zero-order valence-electron chi connectivity index (χ0n) is 15.1. The zero-order chi connectivity index (χ0) is 19.3. The van der Waals surface area contributed by atoms with Crippen LogP contribution in [-0.4, -0.2) is 32.3 Å². The van der Waals surface area contributed by atoms with Gasteiger partial charge < -0.3 is 4.90 Å². The number of hydrogen-bond donors (Lipinski definition) is 1. The predicted molar refractivity (Wildman–Crippen MR) is 104 cm³/mol. The Bertz CT molecular complexity index is 897. The minimum Gasteiger partial charge on any atom is -0.337 e. The summed E-state index contributed by atoms with van der Waals surface area (Å²) in [5, 5.41) is 0.578. The molecule has 2 aromatic carbocycles. The van der Waals surface area contributed by atoms with E-state index in [4.69, 9.17) is 11.6 Å². The highest BCUT2D eigenvalue weighted by atomic mass is 35.5. The molecule has 0 aromatic heterocycles. The van der Waals surface area contributed by atoms with Crippen molar-refractivity contribution in [2.24, 2.45) is 0 Å². The number of carbonyl (C=O) groups excluding carboxylic acids is 1. The lowest BCUT2D eigenvalue weighted by molar-refractivity contribution is -0.129. The quantitative estimate of drug-likeness (QED) is 0.783. The lowest BCUT2D eigenvalue weighted by atomic mass is 10.1. The van der Waals surface area contributed by atoms with Crippen molar-refractivity contribution in [3.05, 3.63) is 64.2 Å². The van der Waals surface area contributed by atoms with Crippen LogP contribution in [0.15, 0.2) is 47.4 Å². The number of nitrogens with zero attached hydrogens (tertiary/aromatic N) is 1. The first-order chi connectivity index (χ1) is 12.2. The Morgan fingerprint density at radius 2 is 1.81 bits per heavy atom. The summed E-state index contributed by atoms with van der Waals surface area (Å²) < 4.78 is 27.4. The molecule has 0 heterocycles. The molecule has 5 nitrogen and oxygen atoms in total. The number of hydrogen-bond acceptors (Lipinski definition) is 3. The van der Waals surface area contributed by atoms with Crippen molar-refractivity contribution >= 4 is 27.5 Å². The highest BCUT2D eigenvalue weighted by Gasteiger charge is 2.16. The smallest absolute Gasteiger partial charge is 0.240 e. The molecule has 0 saturated heterocycles. The van der Waals surface area contributed by atoms with Crippen molar-refractivity contribution in [2.75, 3.05) is 13.1 Å². The highest BCUT2D eigenvalue weighted by Crippen LogP contribution is 2.17. The van der Waals surface area contributed by atoms with Gasteiger partial charge in [-0.3, -0.25) is 4.79 Å². The lowest BCUT2D eigenvalue weighted by Gasteiger charge is -2.22. The number of sulfonamides is 1. The molecular weight excluding hydrogens is 372 g/mol. The van der Waals surface area contributed by atoms with Gasteiger partial charge in [0.2, 0.25) is 15.9 Å². The van der Waals surface area contributed by atoms with Gasteiger partial charge >= 0.3 is 0 Å². The van der Waals surface area contributed by atoms with Gasteiger partial charge in [0.05, 0.1) is 4.90 Å². The molecule has 0 radical (unpaired) electrons. The predicted octanol–water partition coefficient (Wildman–Crippen LogP) is 3.28. The Kier molecular flexibility index (Phi) is 6.81. The molecule has 0 aliphatic heterocycles. The van der Waals surface area contributed by atoms with Gasteiger partial charge in [-0.05, 0) is 48.7 Å². The van der Waals surface area contributed by atoms with Crippen LogP contribution in [0.5, 0.6) is 0 Å².